The summed E-state index contributed by atoms with van der Waals surface area (Å²) >= 11 is 0. The zero-order valence-electron chi connectivity index (χ0n) is 10.2. The summed E-state index contributed by atoms with van der Waals surface area (Å²) in [6.45, 7) is 1.20. The molecule has 1 saturated heterocycles. The lowest BCUT2D eigenvalue weighted by Gasteiger charge is -2.07. The first-order valence-electron chi connectivity index (χ1n) is 6.03. The van der Waals surface area contributed by atoms with Gasteiger partial charge in [0.1, 0.15) is 5.82 Å². The van der Waals surface area contributed by atoms with Gasteiger partial charge in [-0.05, 0) is 24.3 Å². The van der Waals surface area contributed by atoms with Gasteiger partial charge in [-0.3, -0.25) is 4.57 Å². The summed E-state index contributed by atoms with van der Waals surface area (Å²) in [5.41, 5.74) is 1.23. The van der Waals surface area contributed by atoms with Crippen molar-refractivity contribution in [2.75, 3.05) is 13.2 Å². The predicted octanol–water partition coefficient (Wildman–Crippen LogP) is 2.40. The van der Waals surface area contributed by atoms with Crippen LogP contribution in [-0.4, -0.2) is 29.1 Å². The van der Waals surface area contributed by atoms with E-state index in [2.05, 4.69) is 4.98 Å². The molecule has 1 aliphatic rings. The third-order valence-corrected chi connectivity index (χ3v) is 2.85. The van der Waals surface area contributed by atoms with Crippen LogP contribution in [0.25, 0.3) is 11.8 Å². The number of para-hydroxylation sites is 1. The predicted molar refractivity (Wildman–Crippen MR) is 68.2 cm³/mol. The van der Waals surface area contributed by atoms with Crippen LogP contribution in [0.4, 0.5) is 4.39 Å². The van der Waals surface area contributed by atoms with Gasteiger partial charge in [0, 0.05) is 0 Å². The lowest BCUT2D eigenvalue weighted by atomic mass is 10.3. The van der Waals surface area contributed by atoms with Gasteiger partial charge in [-0.25, -0.2) is 9.37 Å². The molecule has 1 aromatic heterocycles. The van der Waals surface area contributed by atoms with Crippen molar-refractivity contribution in [3.8, 4) is 5.69 Å². The molecule has 0 unspecified atom stereocenters. The van der Waals surface area contributed by atoms with Crippen molar-refractivity contribution in [3.63, 3.8) is 0 Å². The second-order valence-corrected chi connectivity index (χ2v) is 4.11. The molecule has 5 heteroatoms. The first-order chi connectivity index (χ1) is 9.34. The van der Waals surface area contributed by atoms with Crippen molar-refractivity contribution >= 4 is 6.08 Å². The molecule has 0 atom stereocenters. The average Bonchev–Trinajstić information content (AvgIpc) is 3.08. The van der Waals surface area contributed by atoms with E-state index in [1.165, 1.54) is 6.07 Å². The Balaban J connectivity index is 1.88. The van der Waals surface area contributed by atoms with Crippen LogP contribution in [0.5, 0.6) is 0 Å². The van der Waals surface area contributed by atoms with E-state index in [1.807, 2.05) is 6.08 Å². The van der Waals surface area contributed by atoms with E-state index >= 15 is 0 Å². The Morgan fingerprint density at radius 1 is 1.26 bits per heavy atom. The quantitative estimate of drug-likeness (QED) is 0.850. The highest BCUT2D eigenvalue weighted by Gasteiger charge is 2.12. The molecule has 0 N–H and O–H groups in total. The van der Waals surface area contributed by atoms with Gasteiger partial charge in [-0.1, -0.05) is 12.1 Å². The first-order valence-corrected chi connectivity index (χ1v) is 6.03. The summed E-state index contributed by atoms with van der Waals surface area (Å²) in [5.74, 6) is -0.288. The fraction of sp³-hybridized carbons (Fsp3) is 0.214. The molecule has 2 aromatic rings. The molecule has 1 fully saturated rings. The molecule has 1 aromatic carbocycles. The minimum absolute atomic E-state index is 0.288. The third-order valence-electron chi connectivity index (χ3n) is 2.85. The second-order valence-electron chi connectivity index (χ2n) is 4.11. The third kappa shape index (κ3) is 2.57. The molecule has 1 aliphatic heterocycles. The highest BCUT2D eigenvalue weighted by Crippen LogP contribution is 2.17. The van der Waals surface area contributed by atoms with Gasteiger partial charge in [-0.15, -0.1) is 0 Å². The van der Waals surface area contributed by atoms with E-state index < -0.39 is 0 Å². The molecule has 19 heavy (non-hydrogen) atoms. The Hall–Kier alpha value is -1.98. The highest BCUT2D eigenvalue weighted by atomic mass is 19.1. The topological polar surface area (TPSA) is 36.3 Å². The van der Waals surface area contributed by atoms with Crippen molar-refractivity contribution in [2.45, 2.75) is 6.29 Å². The number of halogens is 1. The Kier molecular flexibility index (Phi) is 3.39. The van der Waals surface area contributed by atoms with Gasteiger partial charge in [0.15, 0.2) is 6.29 Å². The lowest BCUT2D eigenvalue weighted by molar-refractivity contribution is -0.000920. The zero-order chi connectivity index (χ0) is 13.1. The van der Waals surface area contributed by atoms with E-state index in [-0.39, 0.29) is 12.1 Å². The standard InChI is InChI=1S/C14H13FN2O2/c15-12-3-1-2-4-13(12)17-10-16-9-11(17)5-6-14-18-7-8-19-14/h1-6,9-10,14H,7-8H2. The molecule has 0 spiro atoms. The van der Waals surface area contributed by atoms with Crippen LogP contribution in [-0.2, 0) is 9.47 Å². The Labute approximate surface area is 110 Å². The van der Waals surface area contributed by atoms with Crippen LogP contribution in [0.1, 0.15) is 5.69 Å². The fourth-order valence-electron chi connectivity index (χ4n) is 1.94. The van der Waals surface area contributed by atoms with Gasteiger partial charge in [0.05, 0.1) is 37.1 Å². The van der Waals surface area contributed by atoms with Crippen LogP contribution in [0.15, 0.2) is 42.9 Å². The number of aromatic nitrogens is 2. The summed E-state index contributed by atoms with van der Waals surface area (Å²) in [7, 11) is 0. The van der Waals surface area contributed by atoms with Gasteiger partial charge in [-0.2, -0.15) is 0 Å². The molecule has 0 bridgehead atoms. The Morgan fingerprint density at radius 2 is 2.05 bits per heavy atom. The summed E-state index contributed by atoms with van der Waals surface area (Å²) in [6.07, 6.45) is 6.52. The molecule has 0 aliphatic carbocycles. The number of imidazole rings is 1. The normalized spacial score (nSPS) is 16.5. The van der Waals surface area contributed by atoms with Crippen molar-refractivity contribution in [1.29, 1.82) is 0 Å². The van der Waals surface area contributed by atoms with E-state index in [0.29, 0.717) is 18.9 Å². The number of rotatable bonds is 3. The highest BCUT2D eigenvalue weighted by molar-refractivity contribution is 5.49. The van der Waals surface area contributed by atoms with E-state index in [9.17, 15) is 4.39 Å². The van der Waals surface area contributed by atoms with Gasteiger partial charge in [0.2, 0.25) is 0 Å². The van der Waals surface area contributed by atoms with E-state index in [4.69, 9.17) is 9.47 Å². The smallest absolute Gasteiger partial charge is 0.177 e. The largest absolute Gasteiger partial charge is 0.347 e. The molecule has 98 valence electrons. The fourth-order valence-corrected chi connectivity index (χ4v) is 1.94. The van der Waals surface area contributed by atoms with Crippen molar-refractivity contribution < 1.29 is 13.9 Å². The SMILES string of the molecule is Fc1ccccc1-n1cncc1C=CC1OCCO1. The summed E-state index contributed by atoms with van der Waals surface area (Å²) < 4.78 is 26.0. The van der Waals surface area contributed by atoms with Crippen LogP contribution in [0.3, 0.4) is 0 Å². The van der Waals surface area contributed by atoms with Crippen LogP contribution >= 0.6 is 0 Å². The number of benzene rings is 1. The monoisotopic (exact) mass is 260 g/mol. The van der Waals surface area contributed by atoms with Crippen LogP contribution in [0.2, 0.25) is 0 Å². The lowest BCUT2D eigenvalue weighted by Crippen LogP contribution is -2.03. The summed E-state index contributed by atoms with van der Waals surface area (Å²) in [5, 5.41) is 0. The van der Waals surface area contributed by atoms with Gasteiger partial charge < -0.3 is 9.47 Å². The first kappa shape index (κ1) is 12.1. The number of ether oxygens (including phenoxy) is 2. The summed E-state index contributed by atoms with van der Waals surface area (Å²) in [4.78, 5) is 4.05. The number of nitrogens with zero attached hydrogens (tertiary/aromatic N) is 2. The Morgan fingerprint density at radius 3 is 2.84 bits per heavy atom. The summed E-state index contributed by atoms with van der Waals surface area (Å²) in [6, 6.07) is 6.57. The molecular formula is C14H13FN2O2. The molecule has 0 amide bonds. The average molecular weight is 260 g/mol. The second kappa shape index (κ2) is 5.34. The molecule has 0 saturated carbocycles. The minimum atomic E-state index is -0.330. The minimum Gasteiger partial charge on any atom is -0.347 e. The van der Waals surface area contributed by atoms with Crippen molar-refractivity contribution in [3.05, 3.63) is 54.4 Å². The maximum atomic E-state index is 13.8. The van der Waals surface area contributed by atoms with Crippen molar-refractivity contribution in [1.82, 2.24) is 9.55 Å². The maximum Gasteiger partial charge on any atom is 0.177 e. The van der Waals surface area contributed by atoms with Crippen LogP contribution in [0, 0.1) is 5.82 Å². The van der Waals surface area contributed by atoms with Crippen molar-refractivity contribution in [2.24, 2.45) is 0 Å². The maximum absolute atomic E-state index is 13.8. The zero-order valence-corrected chi connectivity index (χ0v) is 10.2. The van der Waals surface area contributed by atoms with Crippen LogP contribution < -0.4 is 0 Å². The number of hydrogen-bond donors (Lipinski definition) is 0. The molecule has 4 nitrogen and oxygen atoms in total. The van der Waals surface area contributed by atoms with Gasteiger partial charge >= 0.3 is 0 Å². The van der Waals surface area contributed by atoms with E-state index in [0.717, 1.165) is 5.69 Å². The molecule has 3 rings (SSSR count). The van der Waals surface area contributed by atoms with Gasteiger partial charge in [0.25, 0.3) is 0 Å². The Bertz CT molecular complexity index is 589. The number of hydrogen-bond acceptors (Lipinski definition) is 3. The molecule has 0 radical (unpaired) electrons. The molecular weight excluding hydrogens is 247 g/mol. The molecule has 2 heterocycles. The van der Waals surface area contributed by atoms with E-state index in [1.54, 1.807) is 41.4 Å².